The Labute approximate surface area is 138 Å². The van der Waals surface area contributed by atoms with Gasteiger partial charge in [-0.25, -0.2) is 0 Å². The summed E-state index contributed by atoms with van der Waals surface area (Å²) in [5.74, 6) is 0.965. The maximum absolute atomic E-state index is 12.5. The quantitative estimate of drug-likeness (QED) is 0.507. The molecule has 0 aromatic carbocycles. The van der Waals surface area contributed by atoms with Crippen molar-refractivity contribution < 1.29 is 4.79 Å². The fraction of sp³-hybridized carbons (Fsp3) is 0.950. The highest BCUT2D eigenvalue weighted by atomic mass is 16.1. The molecule has 2 nitrogen and oxygen atoms in total. The van der Waals surface area contributed by atoms with Crippen LogP contribution in [0.1, 0.15) is 96.8 Å². The summed E-state index contributed by atoms with van der Waals surface area (Å²) in [4.78, 5) is 15.1. The van der Waals surface area contributed by atoms with Crippen molar-refractivity contribution in [1.82, 2.24) is 4.90 Å². The molecular weight excluding hydrogens is 270 g/mol. The normalized spacial score (nSPS) is 28.7. The minimum atomic E-state index is 0.385. The number of unbranched alkanes of at least 4 members (excludes halogenated alkanes) is 7. The number of ketones is 1. The molecule has 0 aromatic rings. The third-order valence-corrected chi connectivity index (χ3v) is 6.07. The molecule has 2 saturated heterocycles. The van der Waals surface area contributed by atoms with Gasteiger partial charge < -0.3 is 4.90 Å². The van der Waals surface area contributed by atoms with Gasteiger partial charge in [0, 0.05) is 24.4 Å². The second-order valence-corrected chi connectivity index (χ2v) is 7.76. The van der Waals surface area contributed by atoms with Gasteiger partial charge in [0.25, 0.3) is 0 Å². The van der Waals surface area contributed by atoms with Crippen LogP contribution in [-0.4, -0.2) is 29.8 Å². The third-order valence-electron chi connectivity index (χ3n) is 6.07. The summed E-state index contributed by atoms with van der Waals surface area (Å²) in [7, 11) is 2.27. The lowest BCUT2D eigenvalue weighted by atomic mass is 9.76. The first kappa shape index (κ1) is 18.0. The summed E-state index contributed by atoms with van der Waals surface area (Å²) in [6, 6.07) is 1.39. The Bertz CT molecular complexity index is 314. The topological polar surface area (TPSA) is 20.3 Å². The van der Waals surface area contributed by atoms with Gasteiger partial charge in [-0.3, -0.25) is 4.79 Å². The first-order valence-corrected chi connectivity index (χ1v) is 9.97. The number of carbonyl (C=O) groups is 1. The summed E-state index contributed by atoms with van der Waals surface area (Å²) >= 11 is 0. The lowest BCUT2D eigenvalue weighted by Crippen LogP contribution is -2.51. The van der Waals surface area contributed by atoms with E-state index >= 15 is 0 Å². The van der Waals surface area contributed by atoms with Gasteiger partial charge in [0.05, 0.1) is 0 Å². The van der Waals surface area contributed by atoms with Gasteiger partial charge in [-0.05, 0) is 39.2 Å². The summed E-state index contributed by atoms with van der Waals surface area (Å²) in [6.07, 6.45) is 17.7. The first-order valence-electron chi connectivity index (χ1n) is 9.97. The standard InChI is InChI=1S/C20H37NO/c1-3-4-5-6-7-8-9-10-14-20(22)17-15-18-12-11-13-19(16-17)21(18)2/h17-19H,3-16H2,1-2H3. The van der Waals surface area contributed by atoms with Crippen molar-refractivity contribution in [3.8, 4) is 0 Å². The zero-order valence-electron chi connectivity index (χ0n) is 15.0. The number of fused-ring (bicyclic) bond motifs is 2. The van der Waals surface area contributed by atoms with Gasteiger partial charge in [0.15, 0.2) is 0 Å². The number of hydrogen-bond donors (Lipinski definition) is 0. The number of rotatable bonds is 10. The van der Waals surface area contributed by atoms with Gasteiger partial charge in [-0.1, -0.05) is 58.3 Å². The predicted octanol–water partition coefficient (Wildman–Crippen LogP) is 5.35. The smallest absolute Gasteiger partial charge is 0.136 e. The monoisotopic (exact) mass is 307 g/mol. The van der Waals surface area contributed by atoms with Crippen molar-refractivity contribution >= 4 is 5.78 Å². The van der Waals surface area contributed by atoms with Crippen LogP contribution in [0.3, 0.4) is 0 Å². The minimum absolute atomic E-state index is 0.385. The van der Waals surface area contributed by atoms with Crippen LogP contribution in [0.5, 0.6) is 0 Å². The summed E-state index contributed by atoms with van der Waals surface area (Å²) in [5, 5.41) is 0. The van der Waals surface area contributed by atoms with Crippen LogP contribution in [0.2, 0.25) is 0 Å². The van der Waals surface area contributed by atoms with E-state index in [0.29, 0.717) is 23.8 Å². The van der Waals surface area contributed by atoms with Gasteiger partial charge >= 0.3 is 0 Å². The van der Waals surface area contributed by atoms with E-state index in [9.17, 15) is 4.79 Å². The number of nitrogens with zero attached hydrogens (tertiary/aromatic N) is 1. The van der Waals surface area contributed by atoms with Gasteiger partial charge in [0.2, 0.25) is 0 Å². The predicted molar refractivity (Wildman–Crippen MR) is 94.1 cm³/mol. The number of hydrogen-bond acceptors (Lipinski definition) is 2. The van der Waals surface area contributed by atoms with E-state index in [1.54, 1.807) is 0 Å². The molecule has 2 aliphatic heterocycles. The highest BCUT2D eigenvalue weighted by Gasteiger charge is 2.38. The Hall–Kier alpha value is -0.370. The van der Waals surface area contributed by atoms with E-state index in [1.165, 1.54) is 64.2 Å². The van der Waals surface area contributed by atoms with E-state index in [1.807, 2.05) is 0 Å². The van der Waals surface area contributed by atoms with Crippen LogP contribution in [0.25, 0.3) is 0 Å². The van der Waals surface area contributed by atoms with Crippen LogP contribution in [-0.2, 0) is 4.79 Å². The Morgan fingerprint density at radius 1 is 0.909 bits per heavy atom. The van der Waals surface area contributed by atoms with Crippen molar-refractivity contribution in [1.29, 1.82) is 0 Å². The summed E-state index contributed by atoms with van der Waals surface area (Å²) in [6.45, 7) is 2.27. The molecule has 2 heteroatoms. The van der Waals surface area contributed by atoms with E-state index in [-0.39, 0.29) is 0 Å². The SMILES string of the molecule is CCCCCCCCCCC(=O)C1CC2CCCC(C1)N2C. The highest BCUT2D eigenvalue weighted by Crippen LogP contribution is 2.36. The number of piperidine rings is 2. The largest absolute Gasteiger partial charge is 0.300 e. The lowest BCUT2D eigenvalue weighted by Gasteiger charge is -2.46. The molecule has 0 aliphatic carbocycles. The molecule has 2 aliphatic rings. The molecule has 2 unspecified atom stereocenters. The molecule has 0 amide bonds. The maximum atomic E-state index is 12.5. The molecule has 2 heterocycles. The van der Waals surface area contributed by atoms with Crippen LogP contribution in [0.4, 0.5) is 0 Å². The van der Waals surface area contributed by atoms with E-state index in [4.69, 9.17) is 0 Å². The Morgan fingerprint density at radius 2 is 1.45 bits per heavy atom. The summed E-state index contributed by atoms with van der Waals surface area (Å²) in [5.41, 5.74) is 0. The molecule has 2 atom stereocenters. The van der Waals surface area contributed by atoms with Crippen molar-refractivity contribution in [2.75, 3.05) is 7.05 Å². The van der Waals surface area contributed by atoms with Crippen LogP contribution in [0, 0.1) is 5.92 Å². The second-order valence-electron chi connectivity index (χ2n) is 7.76. The average molecular weight is 308 g/mol. The molecule has 0 spiro atoms. The van der Waals surface area contributed by atoms with Crippen LogP contribution in [0.15, 0.2) is 0 Å². The van der Waals surface area contributed by atoms with E-state index in [2.05, 4.69) is 18.9 Å². The molecule has 2 rings (SSSR count). The number of carbonyl (C=O) groups excluding carboxylic acids is 1. The third kappa shape index (κ3) is 5.37. The first-order chi connectivity index (χ1) is 10.7. The zero-order valence-corrected chi connectivity index (χ0v) is 15.0. The van der Waals surface area contributed by atoms with Crippen molar-refractivity contribution in [3.63, 3.8) is 0 Å². The Kier molecular flexibility index (Phi) is 7.92. The van der Waals surface area contributed by atoms with Gasteiger partial charge in [-0.15, -0.1) is 0 Å². The Morgan fingerprint density at radius 3 is 2.05 bits per heavy atom. The molecule has 0 saturated carbocycles. The van der Waals surface area contributed by atoms with Gasteiger partial charge in [-0.2, -0.15) is 0 Å². The van der Waals surface area contributed by atoms with Crippen molar-refractivity contribution in [3.05, 3.63) is 0 Å². The molecule has 2 bridgehead atoms. The molecule has 0 aromatic heterocycles. The fourth-order valence-electron chi connectivity index (χ4n) is 4.52. The molecule has 0 N–H and O–H groups in total. The molecule has 22 heavy (non-hydrogen) atoms. The molecule has 0 radical (unpaired) electrons. The molecular formula is C20H37NO. The zero-order chi connectivity index (χ0) is 15.8. The molecule has 128 valence electrons. The summed E-state index contributed by atoms with van der Waals surface area (Å²) < 4.78 is 0. The molecule has 2 fully saturated rings. The van der Waals surface area contributed by atoms with Gasteiger partial charge in [0.1, 0.15) is 5.78 Å². The average Bonchev–Trinajstić information content (AvgIpc) is 2.49. The maximum Gasteiger partial charge on any atom is 0.136 e. The lowest BCUT2D eigenvalue weighted by molar-refractivity contribution is -0.126. The number of Topliss-reactive ketones (excluding diaryl/α,β-unsaturated/α-hetero) is 1. The second kappa shape index (κ2) is 9.70. The highest BCUT2D eigenvalue weighted by molar-refractivity contribution is 5.81. The fourth-order valence-corrected chi connectivity index (χ4v) is 4.52. The van der Waals surface area contributed by atoms with E-state index < -0.39 is 0 Å². The van der Waals surface area contributed by atoms with E-state index in [0.717, 1.165) is 25.7 Å². The van der Waals surface area contributed by atoms with Crippen LogP contribution >= 0.6 is 0 Å². The minimum Gasteiger partial charge on any atom is -0.300 e. The Balaban J connectivity index is 1.56. The van der Waals surface area contributed by atoms with Crippen molar-refractivity contribution in [2.45, 2.75) is 109 Å². The van der Waals surface area contributed by atoms with Crippen molar-refractivity contribution in [2.24, 2.45) is 5.92 Å². The van der Waals surface area contributed by atoms with Crippen LogP contribution < -0.4 is 0 Å².